The lowest BCUT2D eigenvalue weighted by Crippen LogP contribution is -2.27. The maximum absolute atomic E-state index is 13.0. The molecular weight excluding hydrogens is 478 g/mol. The molecule has 0 bridgehead atoms. The topological polar surface area (TPSA) is 55.8 Å². The lowest BCUT2D eigenvalue weighted by Gasteiger charge is -2.14. The minimum absolute atomic E-state index is 0.191. The van der Waals surface area contributed by atoms with E-state index in [4.69, 9.17) is 33.3 Å². The van der Waals surface area contributed by atoms with Crippen LogP contribution in [0.3, 0.4) is 0 Å². The van der Waals surface area contributed by atoms with Crippen LogP contribution in [0.4, 0.5) is 5.69 Å². The van der Waals surface area contributed by atoms with Crippen LogP contribution in [0.15, 0.2) is 77.7 Å². The molecule has 1 aliphatic rings. The van der Waals surface area contributed by atoms with E-state index in [-0.39, 0.29) is 17.2 Å². The Labute approximate surface area is 205 Å². The van der Waals surface area contributed by atoms with Gasteiger partial charge in [-0.15, -0.1) is 0 Å². The minimum atomic E-state index is -0.585. The number of esters is 1. The van der Waals surface area contributed by atoms with Crippen LogP contribution in [0, 0.1) is 0 Å². The van der Waals surface area contributed by atoms with Gasteiger partial charge in [0.25, 0.3) is 5.91 Å². The highest BCUT2D eigenvalue weighted by molar-refractivity contribution is 8.27. The number of carbonyl (C=O) groups excluding carboxylic acids is 2. The summed E-state index contributed by atoms with van der Waals surface area (Å²) in [5.41, 5.74) is 1.69. The Hall–Kier alpha value is -3.13. The summed E-state index contributed by atoms with van der Waals surface area (Å²) in [4.78, 5) is 27.5. The van der Waals surface area contributed by atoms with Crippen molar-refractivity contribution < 1.29 is 19.1 Å². The average Bonchev–Trinajstić information content (AvgIpc) is 3.09. The Balaban J connectivity index is 1.59. The zero-order valence-corrected chi connectivity index (χ0v) is 19.9. The summed E-state index contributed by atoms with van der Waals surface area (Å²) >= 11 is 12.8. The van der Waals surface area contributed by atoms with E-state index in [0.717, 1.165) is 5.69 Å². The van der Waals surface area contributed by atoms with Crippen molar-refractivity contribution in [1.29, 1.82) is 0 Å². The van der Waals surface area contributed by atoms with Gasteiger partial charge in [0.2, 0.25) is 0 Å². The third kappa shape index (κ3) is 5.11. The van der Waals surface area contributed by atoms with Gasteiger partial charge in [-0.3, -0.25) is 9.69 Å². The molecule has 1 aliphatic heterocycles. The van der Waals surface area contributed by atoms with Crippen molar-refractivity contribution in [2.24, 2.45) is 0 Å². The molecule has 33 heavy (non-hydrogen) atoms. The van der Waals surface area contributed by atoms with Crippen molar-refractivity contribution in [3.05, 3.63) is 93.9 Å². The number of nitrogens with zero attached hydrogens (tertiary/aromatic N) is 1. The monoisotopic (exact) mass is 495 g/mol. The fourth-order valence-corrected chi connectivity index (χ4v) is 4.68. The summed E-state index contributed by atoms with van der Waals surface area (Å²) in [5, 5.41) is 0.303. The van der Waals surface area contributed by atoms with Crippen molar-refractivity contribution in [2.75, 3.05) is 11.5 Å². The van der Waals surface area contributed by atoms with Crippen LogP contribution in [-0.2, 0) is 4.79 Å². The highest BCUT2D eigenvalue weighted by Crippen LogP contribution is 2.37. The van der Waals surface area contributed by atoms with E-state index >= 15 is 0 Å². The van der Waals surface area contributed by atoms with Crippen LogP contribution < -0.4 is 14.4 Å². The van der Waals surface area contributed by atoms with Crippen LogP contribution in [0.2, 0.25) is 5.02 Å². The van der Waals surface area contributed by atoms with Crippen molar-refractivity contribution in [1.82, 2.24) is 0 Å². The number of carbonyl (C=O) groups is 2. The van der Waals surface area contributed by atoms with E-state index in [1.807, 2.05) is 37.3 Å². The molecule has 0 unspecified atom stereocenters. The van der Waals surface area contributed by atoms with Gasteiger partial charge in [0.05, 0.1) is 27.8 Å². The number of anilines is 1. The third-order valence-corrected chi connectivity index (χ3v) is 6.30. The molecule has 0 spiro atoms. The van der Waals surface area contributed by atoms with Crippen molar-refractivity contribution in [2.45, 2.75) is 6.92 Å². The van der Waals surface area contributed by atoms with Gasteiger partial charge in [-0.1, -0.05) is 72.0 Å². The summed E-state index contributed by atoms with van der Waals surface area (Å²) in [7, 11) is 0. The first-order valence-electron chi connectivity index (χ1n) is 10.0. The van der Waals surface area contributed by atoms with E-state index in [1.165, 1.54) is 16.7 Å². The summed E-state index contributed by atoms with van der Waals surface area (Å²) in [6.07, 6.45) is 1.74. The molecule has 1 fully saturated rings. The van der Waals surface area contributed by atoms with Crippen LogP contribution >= 0.6 is 35.6 Å². The summed E-state index contributed by atoms with van der Waals surface area (Å²) in [6, 6.07) is 21.0. The van der Waals surface area contributed by atoms with Crippen molar-refractivity contribution in [3.8, 4) is 11.5 Å². The lowest BCUT2D eigenvalue weighted by atomic mass is 10.1. The lowest BCUT2D eigenvalue weighted by molar-refractivity contribution is -0.113. The molecule has 8 heteroatoms. The third-order valence-electron chi connectivity index (χ3n) is 4.67. The maximum Gasteiger partial charge on any atom is 0.345 e. The maximum atomic E-state index is 13.0. The number of thioether (sulfide) groups is 1. The first kappa shape index (κ1) is 23.0. The average molecular weight is 496 g/mol. The van der Waals surface area contributed by atoms with Crippen LogP contribution in [-0.4, -0.2) is 22.8 Å². The molecule has 3 aromatic rings. The molecule has 1 heterocycles. The van der Waals surface area contributed by atoms with Gasteiger partial charge < -0.3 is 9.47 Å². The molecule has 166 valence electrons. The fraction of sp³-hybridized carbons (Fsp3) is 0.0800. The Morgan fingerprint density at radius 1 is 1.06 bits per heavy atom. The van der Waals surface area contributed by atoms with E-state index < -0.39 is 5.97 Å². The molecule has 3 aromatic carbocycles. The van der Waals surface area contributed by atoms with E-state index in [1.54, 1.807) is 48.5 Å². The Bertz CT molecular complexity index is 1260. The number of ether oxygens (including phenoxy) is 2. The van der Waals surface area contributed by atoms with E-state index in [2.05, 4.69) is 0 Å². The van der Waals surface area contributed by atoms with Gasteiger partial charge in [0, 0.05) is 0 Å². The number of thiocarbonyl (C=S) groups is 1. The van der Waals surface area contributed by atoms with Gasteiger partial charge in [0.1, 0.15) is 0 Å². The molecule has 0 atom stereocenters. The second kappa shape index (κ2) is 10.2. The van der Waals surface area contributed by atoms with E-state index in [9.17, 15) is 9.59 Å². The number of rotatable bonds is 6. The van der Waals surface area contributed by atoms with Crippen molar-refractivity contribution in [3.63, 3.8) is 0 Å². The van der Waals surface area contributed by atoms with Gasteiger partial charge >= 0.3 is 5.97 Å². The van der Waals surface area contributed by atoms with Gasteiger partial charge in [-0.25, -0.2) is 4.79 Å². The molecule has 1 saturated heterocycles. The largest absolute Gasteiger partial charge is 0.490 e. The molecule has 0 aromatic heterocycles. The molecule has 1 amide bonds. The van der Waals surface area contributed by atoms with Crippen LogP contribution in [0.1, 0.15) is 22.8 Å². The highest BCUT2D eigenvalue weighted by atomic mass is 35.5. The van der Waals surface area contributed by atoms with Crippen LogP contribution in [0.25, 0.3) is 6.08 Å². The summed E-state index contributed by atoms with van der Waals surface area (Å²) < 4.78 is 11.7. The van der Waals surface area contributed by atoms with E-state index in [0.29, 0.717) is 32.2 Å². The number of hydrogen-bond acceptors (Lipinski definition) is 6. The fourth-order valence-electron chi connectivity index (χ4n) is 3.17. The Morgan fingerprint density at radius 3 is 2.52 bits per heavy atom. The molecule has 0 aliphatic carbocycles. The predicted molar refractivity (Wildman–Crippen MR) is 136 cm³/mol. The molecule has 0 radical (unpaired) electrons. The smallest absolute Gasteiger partial charge is 0.345 e. The summed E-state index contributed by atoms with van der Waals surface area (Å²) in [6.45, 7) is 2.20. The molecular formula is C25H18ClNO4S2. The first-order chi connectivity index (χ1) is 16.0. The Kier molecular flexibility index (Phi) is 7.13. The zero-order chi connectivity index (χ0) is 23.4. The van der Waals surface area contributed by atoms with Crippen molar-refractivity contribution >= 4 is 63.5 Å². The molecule has 0 saturated carbocycles. The van der Waals surface area contributed by atoms with Gasteiger partial charge in [0.15, 0.2) is 15.8 Å². The number of hydrogen-bond donors (Lipinski definition) is 0. The zero-order valence-electron chi connectivity index (χ0n) is 17.5. The van der Waals surface area contributed by atoms with Gasteiger partial charge in [-0.2, -0.15) is 0 Å². The second-order valence-electron chi connectivity index (χ2n) is 6.86. The normalized spacial score (nSPS) is 14.6. The highest BCUT2D eigenvalue weighted by Gasteiger charge is 2.33. The second-order valence-corrected chi connectivity index (χ2v) is 8.94. The molecule has 0 N–H and O–H groups in total. The van der Waals surface area contributed by atoms with Crippen LogP contribution in [0.5, 0.6) is 11.5 Å². The number of amides is 1. The number of halogens is 1. The molecule has 4 rings (SSSR count). The Morgan fingerprint density at radius 2 is 1.79 bits per heavy atom. The number of para-hydroxylation sites is 1. The SMILES string of the molecule is CCOc1cc(C=C2SC(=S)N(c3ccccc3)C2=O)ccc1OC(=O)c1ccccc1Cl. The van der Waals surface area contributed by atoms with Gasteiger partial charge in [-0.05, 0) is 55.0 Å². The molecule has 5 nitrogen and oxygen atoms in total. The summed E-state index contributed by atoms with van der Waals surface area (Å²) in [5.74, 6) is -0.137. The first-order valence-corrected chi connectivity index (χ1v) is 11.6. The predicted octanol–water partition coefficient (Wildman–Crippen LogP) is 6.36. The quantitative estimate of drug-likeness (QED) is 0.171. The number of benzene rings is 3. The standard InChI is InChI=1S/C25H18ClNO4S2/c1-2-30-21-14-16(12-13-20(21)31-24(29)18-10-6-7-11-19(18)26)15-22-23(28)27(25(32)33-22)17-8-4-3-5-9-17/h3-15H,2H2,1H3. The minimum Gasteiger partial charge on any atom is -0.490 e.